The molecule has 3 rings (SSSR count). The fourth-order valence-corrected chi connectivity index (χ4v) is 6.93. The summed E-state index contributed by atoms with van der Waals surface area (Å²) in [5.41, 5.74) is 5.42. The molecule has 1 aliphatic rings. The van der Waals surface area contributed by atoms with Gasteiger partial charge in [0.15, 0.2) is 0 Å². The average Bonchev–Trinajstić information content (AvgIpc) is 3.08. The van der Waals surface area contributed by atoms with Crippen LogP contribution in [0.4, 0.5) is 5.69 Å². The van der Waals surface area contributed by atoms with Crippen molar-refractivity contribution in [1.29, 1.82) is 0 Å². The van der Waals surface area contributed by atoms with E-state index in [0.29, 0.717) is 12.5 Å². The first-order valence-electron chi connectivity index (χ1n) is 14.8. The number of allylic oxidation sites excluding steroid dienone is 1. The van der Waals surface area contributed by atoms with Crippen molar-refractivity contribution < 1.29 is 17.8 Å². The van der Waals surface area contributed by atoms with E-state index in [1.54, 1.807) is 19.1 Å². The number of carbonyl (C=O) groups is 1. The molecule has 220 valence electrons. The van der Waals surface area contributed by atoms with Crippen LogP contribution in [0.15, 0.2) is 59.5 Å². The van der Waals surface area contributed by atoms with Crippen molar-refractivity contribution in [2.45, 2.75) is 121 Å². The van der Waals surface area contributed by atoms with Crippen molar-refractivity contribution in [3.8, 4) is 0 Å². The lowest BCUT2D eigenvalue weighted by molar-refractivity contribution is -0.117. The van der Waals surface area contributed by atoms with Gasteiger partial charge in [-0.15, -0.1) is 0 Å². The molecule has 40 heavy (non-hydrogen) atoms. The third kappa shape index (κ3) is 7.44. The van der Waals surface area contributed by atoms with E-state index in [0.717, 1.165) is 74.6 Å². The van der Waals surface area contributed by atoms with Gasteiger partial charge >= 0.3 is 0 Å². The molecule has 0 radical (unpaired) electrons. The smallest absolute Gasteiger partial charge is 0.294 e. The van der Waals surface area contributed by atoms with Crippen LogP contribution < -0.4 is 4.90 Å². The van der Waals surface area contributed by atoms with E-state index in [2.05, 4.69) is 63.4 Å². The van der Waals surface area contributed by atoms with Crippen LogP contribution in [-0.4, -0.2) is 31.3 Å². The minimum Gasteiger partial charge on any atom is -0.367 e. The number of para-hydroxylation sites is 1. The summed E-state index contributed by atoms with van der Waals surface area (Å²) < 4.78 is 33.0. The van der Waals surface area contributed by atoms with Crippen molar-refractivity contribution in [3.05, 3.63) is 71.3 Å². The Hall–Kier alpha value is -2.44. The molecule has 0 fully saturated rings. The van der Waals surface area contributed by atoms with Gasteiger partial charge in [-0.05, 0) is 80.8 Å². The maximum absolute atomic E-state index is 11.7. The third-order valence-electron chi connectivity index (χ3n) is 9.07. The van der Waals surface area contributed by atoms with Gasteiger partial charge in [-0.2, -0.15) is 8.42 Å². The number of carbonyl (C=O) groups excluding carboxylic acids is 1. The Labute approximate surface area is 242 Å². The molecule has 0 spiro atoms. The highest BCUT2D eigenvalue weighted by Crippen LogP contribution is 2.47. The van der Waals surface area contributed by atoms with Gasteiger partial charge in [-0.3, -0.25) is 4.55 Å². The Morgan fingerprint density at radius 1 is 1.00 bits per heavy atom. The van der Waals surface area contributed by atoms with Crippen molar-refractivity contribution in [3.63, 3.8) is 0 Å². The number of ketones is 1. The molecule has 0 aliphatic carbocycles. The van der Waals surface area contributed by atoms with Crippen molar-refractivity contribution in [2.75, 3.05) is 11.4 Å². The van der Waals surface area contributed by atoms with E-state index in [1.807, 2.05) is 6.92 Å². The number of hydrogen-bond acceptors (Lipinski definition) is 4. The van der Waals surface area contributed by atoms with Crippen LogP contribution in [0.5, 0.6) is 0 Å². The topological polar surface area (TPSA) is 74.7 Å². The molecule has 0 saturated heterocycles. The molecule has 0 aromatic heterocycles. The van der Waals surface area contributed by atoms with Gasteiger partial charge in [-0.25, -0.2) is 0 Å². The lowest BCUT2D eigenvalue weighted by Crippen LogP contribution is -2.42. The molecule has 1 unspecified atom stereocenters. The highest BCUT2D eigenvalue weighted by atomic mass is 32.2. The van der Waals surface area contributed by atoms with Gasteiger partial charge < -0.3 is 9.69 Å². The van der Waals surface area contributed by atoms with Crippen molar-refractivity contribution in [1.82, 2.24) is 0 Å². The van der Waals surface area contributed by atoms with Crippen LogP contribution in [0.1, 0.15) is 109 Å². The number of rotatable bonds is 15. The SMILES string of the molecule is C=C(CCCCCC1N(CCCCCC(C)=O)c2ccccc2C1(C)C)C(C)(C)c1cc(S(=O)(=O)O)ccc1C. The van der Waals surface area contributed by atoms with Crippen LogP contribution in [0.2, 0.25) is 0 Å². The van der Waals surface area contributed by atoms with Crippen LogP contribution in [0.3, 0.4) is 0 Å². The number of aryl methyl sites for hydroxylation is 1. The molecule has 6 heteroatoms. The third-order valence-corrected chi connectivity index (χ3v) is 9.91. The highest BCUT2D eigenvalue weighted by Gasteiger charge is 2.43. The van der Waals surface area contributed by atoms with Gasteiger partial charge in [0.25, 0.3) is 10.1 Å². The molecule has 0 bridgehead atoms. The lowest BCUT2D eigenvalue weighted by atomic mass is 9.74. The first kappa shape index (κ1) is 32.1. The number of unbranched alkanes of at least 4 members (excludes halogenated alkanes) is 4. The monoisotopic (exact) mass is 567 g/mol. The number of anilines is 1. The molecule has 5 nitrogen and oxygen atoms in total. The first-order chi connectivity index (χ1) is 18.7. The molecule has 1 N–H and O–H groups in total. The summed E-state index contributed by atoms with van der Waals surface area (Å²) in [5.74, 6) is 0.276. The number of hydrogen-bond donors (Lipinski definition) is 1. The molecular formula is C34H49NO4S. The van der Waals surface area contributed by atoms with Crippen molar-refractivity contribution in [2.24, 2.45) is 0 Å². The largest absolute Gasteiger partial charge is 0.367 e. The van der Waals surface area contributed by atoms with E-state index < -0.39 is 15.5 Å². The molecule has 2 aromatic carbocycles. The van der Waals surface area contributed by atoms with E-state index in [9.17, 15) is 17.8 Å². The molecule has 1 heterocycles. The van der Waals surface area contributed by atoms with Gasteiger partial charge in [0.05, 0.1) is 4.90 Å². The van der Waals surface area contributed by atoms with Crippen LogP contribution in [0.25, 0.3) is 0 Å². The zero-order valence-electron chi connectivity index (χ0n) is 25.4. The van der Waals surface area contributed by atoms with Gasteiger partial charge in [0.1, 0.15) is 5.78 Å². The van der Waals surface area contributed by atoms with Gasteiger partial charge in [0, 0.05) is 35.5 Å². The van der Waals surface area contributed by atoms with Crippen LogP contribution in [0, 0.1) is 6.92 Å². The highest BCUT2D eigenvalue weighted by molar-refractivity contribution is 7.85. The predicted molar refractivity (Wildman–Crippen MR) is 166 cm³/mol. The minimum atomic E-state index is -4.25. The second-order valence-electron chi connectivity index (χ2n) is 12.7. The molecule has 2 aromatic rings. The Kier molecular flexibility index (Phi) is 10.5. The number of benzene rings is 2. The molecule has 1 atom stereocenters. The van der Waals surface area contributed by atoms with E-state index in [1.165, 1.54) is 17.3 Å². The summed E-state index contributed by atoms with van der Waals surface area (Å²) in [5, 5.41) is 0. The molecular weight excluding hydrogens is 518 g/mol. The lowest BCUT2D eigenvalue weighted by Gasteiger charge is -2.35. The van der Waals surface area contributed by atoms with E-state index >= 15 is 0 Å². The maximum Gasteiger partial charge on any atom is 0.294 e. The predicted octanol–water partition coefficient (Wildman–Crippen LogP) is 8.34. The summed E-state index contributed by atoms with van der Waals surface area (Å²) >= 11 is 0. The summed E-state index contributed by atoms with van der Waals surface area (Å²) in [6.07, 6.45) is 9.10. The average molecular weight is 568 g/mol. The Morgan fingerprint density at radius 2 is 1.65 bits per heavy atom. The zero-order chi connectivity index (χ0) is 29.7. The van der Waals surface area contributed by atoms with Gasteiger partial charge in [-0.1, -0.05) is 83.4 Å². The second kappa shape index (κ2) is 13.0. The van der Waals surface area contributed by atoms with Crippen molar-refractivity contribution >= 4 is 21.6 Å². The second-order valence-corrected chi connectivity index (χ2v) is 14.2. The molecule has 1 aliphatic heterocycles. The molecule has 0 saturated carbocycles. The fourth-order valence-electron chi connectivity index (χ4n) is 6.42. The normalized spacial score (nSPS) is 16.7. The standard InChI is InChI=1S/C34H49NO4S/c1-25-21-22-28(40(37,38)39)24-30(25)33(4,5)26(2)16-10-8-12-20-32-34(6,7)29-18-13-14-19-31(29)35(32)23-15-9-11-17-27(3)36/h13-14,18-19,21-22,24,32H,2,8-12,15-17,20,23H2,1,3-7H3,(H,37,38,39). The van der Waals surface area contributed by atoms with Gasteiger partial charge in [0.2, 0.25) is 0 Å². The van der Waals surface area contributed by atoms with Crippen LogP contribution >= 0.6 is 0 Å². The first-order valence-corrected chi connectivity index (χ1v) is 16.2. The minimum absolute atomic E-state index is 0.0717. The van der Waals surface area contributed by atoms with Crippen LogP contribution in [-0.2, 0) is 25.7 Å². The zero-order valence-corrected chi connectivity index (χ0v) is 26.2. The Balaban J connectivity index is 1.58. The Morgan fingerprint density at radius 3 is 2.33 bits per heavy atom. The number of Topliss-reactive ketones (excluding diaryl/α,β-unsaturated/α-hetero) is 1. The fraction of sp³-hybridized carbons (Fsp3) is 0.559. The summed E-state index contributed by atoms with van der Waals surface area (Å²) in [7, 11) is -4.25. The van der Waals surface area contributed by atoms with E-state index in [4.69, 9.17) is 0 Å². The summed E-state index contributed by atoms with van der Waals surface area (Å²) in [6, 6.07) is 14.1. The number of fused-ring (bicyclic) bond motifs is 1. The summed E-state index contributed by atoms with van der Waals surface area (Å²) in [4.78, 5) is 13.9. The Bertz CT molecular complexity index is 1310. The summed E-state index contributed by atoms with van der Waals surface area (Å²) in [6.45, 7) is 18.0. The maximum atomic E-state index is 11.7. The molecule has 0 amide bonds. The number of nitrogens with zero attached hydrogens (tertiary/aromatic N) is 1. The van der Waals surface area contributed by atoms with E-state index in [-0.39, 0.29) is 16.1 Å². The quantitative estimate of drug-likeness (QED) is 0.133.